The third-order valence-corrected chi connectivity index (χ3v) is 1.81. The molecule has 3 N–H and O–H groups in total. The first-order chi connectivity index (χ1) is 7.11. The predicted molar refractivity (Wildman–Crippen MR) is 53.8 cm³/mol. The number of urea groups is 1. The van der Waals surface area contributed by atoms with E-state index in [0.29, 0.717) is 0 Å². The molecule has 0 heterocycles. The minimum absolute atomic E-state index is 0.416. The van der Waals surface area contributed by atoms with Crippen molar-refractivity contribution in [3.63, 3.8) is 0 Å². The van der Waals surface area contributed by atoms with Crippen molar-refractivity contribution in [2.45, 2.75) is 6.04 Å². The molecular formula is C8H10N4O3. The van der Waals surface area contributed by atoms with Crippen molar-refractivity contribution in [1.82, 2.24) is 5.43 Å². The van der Waals surface area contributed by atoms with Gasteiger partial charge in [-0.3, -0.25) is 10.1 Å². The molecule has 0 saturated carbocycles. The maximum Gasteiger partial charge on any atom is 0.332 e. The van der Waals surface area contributed by atoms with E-state index in [1.165, 1.54) is 12.3 Å². The Bertz CT molecular complexity index is 348. The van der Waals surface area contributed by atoms with Gasteiger partial charge < -0.3 is 5.73 Å². The number of hydrogen-bond acceptors (Lipinski definition) is 4. The number of rotatable bonds is 3. The van der Waals surface area contributed by atoms with Crippen LogP contribution in [0, 0.1) is 16.0 Å². The van der Waals surface area contributed by atoms with Gasteiger partial charge >= 0.3 is 6.03 Å². The fraction of sp³-hybridized carbons (Fsp3) is 0.250. The second-order valence-corrected chi connectivity index (χ2v) is 2.88. The number of carbonyl (C=O) groups excluding carboxylic acids is 1. The van der Waals surface area contributed by atoms with Gasteiger partial charge in [0.25, 0.3) is 0 Å². The summed E-state index contributed by atoms with van der Waals surface area (Å²) in [7, 11) is 0. The summed E-state index contributed by atoms with van der Waals surface area (Å²) in [6.07, 6.45) is 7.64. The Morgan fingerprint density at radius 3 is 2.80 bits per heavy atom. The average Bonchev–Trinajstić information content (AvgIpc) is 2.17. The summed E-state index contributed by atoms with van der Waals surface area (Å²) >= 11 is 0. The van der Waals surface area contributed by atoms with Crippen LogP contribution in [0.4, 0.5) is 4.79 Å². The van der Waals surface area contributed by atoms with Gasteiger partial charge in [-0.15, -0.1) is 0 Å². The Balaban J connectivity index is 2.63. The molecule has 1 aliphatic carbocycles. The van der Waals surface area contributed by atoms with Crippen molar-refractivity contribution in [3.05, 3.63) is 34.4 Å². The zero-order chi connectivity index (χ0) is 11.3. The molecule has 0 aliphatic heterocycles. The van der Waals surface area contributed by atoms with Crippen molar-refractivity contribution >= 4 is 12.2 Å². The zero-order valence-electron chi connectivity index (χ0n) is 7.74. The van der Waals surface area contributed by atoms with Crippen molar-refractivity contribution in [1.29, 1.82) is 0 Å². The molecule has 80 valence electrons. The molecule has 1 aliphatic rings. The maximum absolute atomic E-state index is 10.6. The van der Waals surface area contributed by atoms with Crippen LogP contribution in [0.5, 0.6) is 0 Å². The third kappa shape index (κ3) is 3.22. The number of nitro groups is 1. The summed E-state index contributed by atoms with van der Waals surface area (Å²) in [4.78, 5) is 20.5. The largest absolute Gasteiger partial charge is 0.350 e. The normalized spacial score (nSPS) is 24.3. The number of carbonyl (C=O) groups is 1. The van der Waals surface area contributed by atoms with Gasteiger partial charge in [0.2, 0.25) is 6.04 Å². The predicted octanol–water partition coefficient (Wildman–Crippen LogP) is 0.0280. The number of amides is 2. The van der Waals surface area contributed by atoms with Crippen molar-refractivity contribution in [3.8, 4) is 0 Å². The van der Waals surface area contributed by atoms with Gasteiger partial charge in [-0.2, -0.15) is 5.10 Å². The van der Waals surface area contributed by atoms with Gasteiger partial charge in [-0.05, 0) is 6.08 Å². The highest BCUT2D eigenvalue weighted by Gasteiger charge is 2.26. The van der Waals surface area contributed by atoms with E-state index >= 15 is 0 Å². The fourth-order valence-corrected chi connectivity index (χ4v) is 1.15. The topological polar surface area (TPSA) is 111 Å². The molecule has 0 spiro atoms. The van der Waals surface area contributed by atoms with E-state index in [-0.39, 0.29) is 0 Å². The van der Waals surface area contributed by atoms with Crippen LogP contribution in [0.1, 0.15) is 0 Å². The van der Waals surface area contributed by atoms with E-state index in [2.05, 4.69) is 5.10 Å². The van der Waals surface area contributed by atoms with Crippen molar-refractivity contribution < 1.29 is 9.72 Å². The van der Waals surface area contributed by atoms with E-state index in [4.69, 9.17) is 5.73 Å². The lowest BCUT2D eigenvalue weighted by Gasteiger charge is -2.12. The molecule has 0 saturated heterocycles. The Hall–Kier alpha value is -2.18. The number of allylic oxidation sites excluding steroid dienone is 2. The first-order valence-corrected chi connectivity index (χ1v) is 4.18. The lowest BCUT2D eigenvalue weighted by molar-refractivity contribution is -0.512. The molecule has 2 unspecified atom stereocenters. The second-order valence-electron chi connectivity index (χ2n) is 2.88. The first kappa shape index (κ1) is 10.9. The summed E-state index contributed by atoms with van der Waals surface area (Å²) < 4.78 is 0. The van der Waals surface area contributed by atoms with Crippen LogP contribution in [-0.2, 0) is 0 Å². The van der Waals surface area contributed by atoms with Crippen LogP contribution >= 0.6 is 0 Å². The Labute approximate surface area is 85.5 Å². The van der Waals surface area contributed by atoms with E-state index in [1.807, 2.05) is 5.43 Å². The summed E-state index contributed by atoms with van der Waals surface area (Å²) in [5, 5.41) is 14.1. The molecule has 2 atom stereocenters. The van der Waals surface area contributed by atoms with E-state index in [1.54, 1.807) is 18.2 Å². The lowest BCUT2D eigenvalue weighted by atomic mass is 9.97. The van der Waals surface area contributed by atoms with Gasteiger partial charge in [-0.25, -0.2) is 10.2 Å². The molecule has 15 heavy (non-hydrogen) atoms. The van der Waals surface area contributed by atoms with Gasteiger partial charge in [0.1, 0.15) is 0 Å². The number of nitrogens with two attached hydrogens (primary N) is 1. The van der Waals surface area contributed by atoms with Gasteiger partial charge in [0.05, 0.1) is 5.92 Å². The molecule has 0 aromatic heterocycles. The zero-order valence-corrected chi connectivity index (χ0v) is 7.74. The van der Waals surface area contributed by atoms with Crippen LogP contribution in [0.25, 0.3) is 0 Å². The maximum atomic E-state index is 10.6. The average molecular weight is 210 g/mol. The van der Waals surface area contributed by atoms with Gasteiger partial charge in [-0.1, -0.05) is 18.2 Å². The first-order valence-electron chi connectivity index (χ1n) is 4.18. The van der Waals surface area contributed by atoms with E-state index in [0.717, 1.165) is 0 Å². The molecule has 0 radical (unpaired) electrons. The third-order valence-electron chi connectivity index (χ3n) is 1.81. The lowest BCUT2D eigenvalue weighted by Crippen LogP contribution is -2.30. The molecule has 7 heteroatoms. The number of hydrogen-bond donors (Lipinski definition) is 2. The molecular weight excluding hydrogens is 200 g/mol. The number of nitrogens with zero attached hydrogens (tertiary/aromatic N) is 2. The molecule has 2 amide bonds. The van der Waals surface area contributed by atoms with Gasteiger partial charge in [0, 0.05) is 11.1 Å². The molecule has 0 aromatic carbocycles. The van der Waals surface area contributed by atoms with Crippen molar-refractivity contribution in [2.75, 3.05) is 0 Å². The quantitative estimate of drug-likeness (QED) is 0.389. The summed E-state index contributed by atoms with van der Waals surface area (Å²) in [5.41, 5.74) is 6.75. The molecule has 7 nitrogen and oxygen atoms in total. The standard InChI is InChI=1S/C8H10N4O3/c9-8(13)11-10-5-6-3-1-2-4-7(6)12(14)15/h1-7H,(H3,9,11,13). The molecule has 0 bridgehead atoms. The van der Waals surface area contributed by atoms with Gasteiger partial charge in [0.15, 0.2) is 0 Å². The fourth-order valence-electron chi connectivity index (χ4n) is 1.15. The van der Waals surface area contributed by atoms with Crippen LogP contribution in [-0.4, -0.2) is 23.2 Å². The van der Waals surface area contributed by atoms with E-state index < -0.39 is 22.9 Å². The molecule has 0 fully saturated rings. The summed E-state index contributed by atoms with van der Waals surface area (Å²) in [6, 6.07) is -1.66. The number of nitrogens with one attached hydrogen (secondary N) is 1. The van der Waals surface area contributed by atoms with Crippen LogP contribution in [0.15, 0.2) is 29.4 Å². The monoisotopic (exact) mass is 210 g/mol. The highest BCUT2D eigenvalue weighted by atomic mass is 16.6. The van der Waals surface area contributed by atoms with Crippen LogP contribution in [0.2, 0.25) is 0 Å². The van der Waals surface area contributed by atoms with Crippen LogP contribution in [0.3, 0.4) is 0 Å². The highest BCUT2D eigenvalue weighted by molar-refractivity contribution is 5.73. The summed E-state index contributed by atoms with van der Waals surface area (Å²) in [5.74, 6) is -0.475. The highest BCUT2D eigenvalue weighted by Crippen LogP contribution is 2.13. The molecule has 1 rings (SSSR count). The SMILES string of the molecule is NC(=O)NN=CC1C=CC=CC1[N+](=O)[O-]. The van der Waals surface area contributed by atoms with Crippen LogP contribution < -0.4 is 11.2 Å². The Morgan fingerprint density at radius 1 is 1.53 bits per heavy atom. The number of primary amides is 1. The summed E-state index contributed by atoms with van der Waals surface area (Å²) in [6.45, 7) is 0. The smallest absolute Gasteiger partial charge is 0.332 e. The van der Waals surface area contributed by atoms with Crippen molar-refractivity contribution in [2.24, 2.45) is 16.8 Å². The molecule has 0 aromatic rings. The van der Waals surface area contributed by atoms with E-state index in [9.17, 15) is 14.9 Å². The number of hydrazone groups is 1. The minimum Gasteiger partial charge on any atom is -0.350 e. The Morgan fingerprint density at radius 2 is 2.20 bits per heavy atom. The second kappa shape index (κ2) is 4.89. The Kier molecular flexibility index (Phi) is 3.55. The minimum atomic E-state index is -0.853.